The Hall–Kier alpha value is -3.19. The summed E-state index contributed by atoms with van der Waals surface area (Å²) in [5.41, 5.74) is 3.38. The van der Waals surface area contributed by atoms with Crippen molar-refractivity contribution in [3.63, 3.8) is 0 Å². The summed E-state index contributed by atoms with van der Waals surface area (Å²) in [5.74, 6) is 0.199. The first-order valence-corrected chi connectivity index (χ1v) is 10.8. The van der Waals surface area contributed by atoms with Crippen molar-refractivity contribution < 1.29 is 9.59 Å². The third kappa shape index (κ3) is 5.70. The molecule has 0 radical (unpaired) electrons. The van der Waals surface area contributed by atoms with Crippen LogP contribution in [-0.2, 0) is 11.3 Å². The van der Waals surface area contributed by atoms with Crippen LogP contribution in [0.3, 0.4) is 0 Å². The van der Waals surface area contributed by atoms with Crippen molar-refractivity contribution in [2.24, 2.45) is 0 Å². The van der Waals surface area contributed by atoms with Gasteiger partial charge in [0, 0.05) is 31.6 Å². The van der Waals surface area contributed by atoms with E-state index >= 15 is 0 Å². The first-order valence-electron chi connectivity index (χ1n) is 10.8. The maximum Gasteiger partial charge on any atom is 0.251 e. The maximum absolute atomic E-state index is 12.6. The molecule has 0 unspecified atom stereocenters. The Morgan fingerprint density at radius 2 is 1.74 bits per heavy atom. The molecule has 0 saturated heterocycles. The fourth-order valence-electron chi connectivity index (χ4n) is 3.58. The summed E-state index contributed by atoms with van der Waals surface area (Å²) in [4.78, 5) is 31.8. The van der Waals surface area contributed by atoms with Crippen LogP contribution >= 0.6 is 0 Å². The minimum atomic E-state index is -0.176. The number of aromatic nitrogens is 2. The van der Waals surface area contributed by atoms with Gasteiger partial charge in [0.05, 0.1) is 11.0 Å². The lowest BCUT2D eigenvalue weighted by Gasteiger charge is -2.19. The second-order valence-corrected chi connectivity index (χ2v) is 7.47. The monoisotopic (exact) mass is 421 g/mol. The van der Waals surface area contributed by atoms with Gasteiger partial charge >= 0.3 is 0 Å². The molecule has 0 atom stereocenters. The van der Waals surface area contributed by atoms with Gasteiger partial charge in [0.2, 0.25) is 11.9 Å². The van der Waals surface area contributed by atoms with Crippen LogP contribution in [0.5, 0.6) is 0 Å². The van der Waals surface area contributed by atoms with Crippen molar-refractivity contribution in [1.29, 1.82) is 0 Å². The first-order chi connectivity index (χ1) is 15.0. The van der Waals surface area contributed by atoms with E-state index in [9.17, 15) is 9.59 Å². The Kier molecular flexibility index (Phi) is 7.78. The van der Waals surface area contributed by atoms with Gasteiger partial charge in [0.25, 0.3) is 5.91 Å². The summed E-state index contributed by atoms with van der Waals surface area (Å²) in [7, 11) is 0. The fourth-order valence-corrected chi connectivity index (χ4v) is 3.58. The van der Waals surface area contributed by atoms with E-state index in [2.05, 4.69) is 38.9 Å². The quantitative estimate of drug-likeness (QED) is 0.526. The molecule has 2 N–H and O–H groups in total. The number of amides is 2. The molecule has 3 rings (SSSR count). The highest BCUT2D eigenvalue weighted by molar-refractivity contribution is 5.96. The van der Waals surface area contributed by atoms with Crippen LogP contribution in [0.25, 0.3) is 11.0 Å². The van der Waals surface area contributed by atoms with Gasteiger partial charge in [-0.15, -0.1) is 0 Å². The zero-order valence-electron chi connectivity index (χ0n) is 18.5. The number of para-hydroxylation sites is 2. The van der Waals surface area contributed by atoms with Gasteiger partial charge in [0.1, 0.15) is 0 Å². The average Bonchev–Trinajstić information content (AvgIpc) is 3.11. The smallest absolute Gasteiger partial charge is 0.251 e. The Morgan fingerprint density at radius 3 is 2.48 bits per heavy atom. The summed E-state index contributed by atoms with van der Waals surface area (Å²) in [5, 5.41) is 5.75. The van der Waals surface area contributed by atoms with Crippen LogP contribution in [0, 0.1) is 6.92 Å². The van der Waals surface area contributed by atoms with Gasteiger partial charge in [0.15, 0.2) is 0 Å². The molecule has 0 aliphatic rings. The molecule has 0 aliphatic heterocycles. The highest BCUT2D eigenvalue weighted by atomic mass is 16.2. The minimum Gasteiger partial charge on any atom is -0.352 e. The molecule has 1 aromatic heterocycles. The Morgan fingerprint density at radius 1 is 1.03 bits per heavy atom. The number of nitrogens with zero attached hydrogens (tertiary/aromatic N) is 3. The van der Waals surface area contributed by atoms with Crippen molar-refractivity contribution in [3.05, 3.63) is 59.7 Å². The van der Waals surface area contributed by atoms with Gasteiger partial charge in [-0.25, -0.2) is 4.98 Å². The molecule has 0 spiro atoms. The summed E-state index contributed by atoms with van der Waals surface area (Å²) < 4.78 is 2.05. The maximum atomic E-state index is 12.6. The number of hydrogen-bond acceptors (Lipinski definition) is 4. The number of fused-ring (bicyclic) bond motifs is 1. The van der Waals surface area contributed by atoms with Crippen LogP contribution in [0.1, 0.15) is 36.2 Å². The largest absolute Gasteiger partial charge is 0.352 e. The molecule has 2 amide bonds. The van der Waals surface area contributed by atoms with Gasteiger partial charge in [-0.1, -0.05) is 44.2 Å². The topological polar surface area (TPSA) is 79.3 Å². The molecule has 31 heavy (non-hydrogen) atoms. The fraction of sp³-hybridized carbons (Fsp3) is 0.375. The highest BCUT2D eigenvalue weighted by Gasteiger charge is 2.14. The number of benzene rings is 2. The number of hydrogen-bond donors (Lipinski definition) is 2. The third-order valence-electron chi connectivity index (χ3n) is 5.47. The lowest BCUT2D eigenvalue weighted by Crippen LogP contribution is -2.29. The molecule has 164 valence electrons. The number of aryl methyl sites for hydroxylation is 1. The van der Waals surface area contributed by atoms with Crippen LogP contribution in [0.15, 0.2) is 48.5 Å². The predicted octanol–water partition coefficient (Wildman–Crippen LogP) is 3.45. The molecule has 1 heterocycles. The van der Waals surface area contributed by atoms with Crippen LogP contribution < -0.4 is 10.6 Å². The number of carbonyl (C=O) groups excluding carboxylic acids is 2. The van der Waals surface area contributed by atoms with E-state index in [0.717, 1.165) is 42.8 Å². The van der Waals surface area contributed by atoms with E-state index in [0.29, 0.717) is 11.5 Å². The van der Waals surface area contributed by atoms with Crippen LogP contribution in [0.2, 0.25) is 0 Å². The molecule has 2 aromatic carbocycles. The van der Waals surface area contributed by atoms with E-state index in [1.807, 2.05) is 49.4 Å². The Bertz CT molecular complexity index is 1040. The van der Waals surface area contributed by atoms with Crippen LogP contribution in [-0.4, -0.2) is 52.4 Å². The number of carbonyl (C=O) groups is 2. The molecule has 0 bridgehead atoms. The summed E-state index contributed by atoms with van der Waals surface area (Å²) in [6.45, 7) is 10.0. The first kappa shape index (κ1) is 22.5. The molecule has 7 nitrogen and oxygen atoms in total. The molecule has 0 aliphatic carbocycles. The number of likely N-dealkylation sites (N-methyl/N-ethyl adjacent to an activating group) is 1. The van der Waals surface area contributed by atoms with E-state index in [1.54, 1.807) is 6.07 Å². The number of imidazole rings is 1. The lowest BCUT2D eigenvalue weighted by molar-refractivity contribution is -0.116. The minimum absolute atomic E-state index is 0.169. The average molecular weight is 422 g/mol. The van der Waals surface area contributed by atoms with E-state index in [-0.39, 0.29) is 24.8 Å². The van der Waals surface area contributed by atoms with Crippen molar-refractivity contribution in [1.82, 2.24) is 19.8 Å². The van der Waals surface area contributed by atoms with Crippen molar-refractivity contribution >= 4 is 28.8 Å². The zero-order valence-corrected chi connectivity index (χ0v) is 18.5. The Labute approximate surface area is 183 Å². The van der Waals surface area contributed by atoms with Crippen molar-refractivity contribution in [2.75, 3.05) is 31.5 Å². The number of nitrogens with one attached hydrogen (secondary N) is 2. The standard InChI is InChI=1S/C24H31N5O2/c1-4-28(5-2)16-17-29-21-13-9-8-12-20(21)26-24(29)27-22(30)14-15-25-23(31)19-11-7-6-10-18(19)3/h6-13H,4-5,14-17H2,1-3H3,(H,25,31)(H,26,27,30). The molecule has 0 fully saturated rings. The SMILES string of the molecule is CCN(CC)CCn1c(NC(=O)CCNC(=O)c2ccccc2C)nc2ccccc21. The summed E-state index contributed by atoms with van der Waals surface area (Å²) >= 11 is 0. The van der Waals surface area contributed by atoms with Crippen LogP contribution in [0.4, 0.5) is 5.95 Å². The van der Waals surface area contributed by atoms with Gasteiger partial charge in [-0.3, -0.25) is 14.9 Å². The predicted molar refractivity (Wildman–Crippen MR) is 124 cm³/mol. The summed E-state index contributed by atoms with van der Waals surface area (Å²) in [6.07, 6.45) is 0.177. The molecular formula is C24H31N5O2. The zero-order chi connectivity index (χ0) is 22.2. The highest BCUT2D eigenvalue weighted by Crippen LogP contribution is 2.19. The van der Waals surface area contributed by atoms with Crippen molar-refractivity contribution in [2.45, 2.75) is 33.7 Å². The Balaban J connectivity index is 1.62. The van der Waals surface area contributed by atoms with E-state index in [4.69, 9.17) is 0 Å². The van der Waals surface area contributed by atoms with Gasteiger partial charge in [-0.2, -0.15) is 0 Å². The van der Waals surface area contributed by atoms with Gasteiger partial charge in [-0.05, 0) is 43.8 Å². The second kappa shape index (κ2) is 10.7. The molecule has 7 heteroatoms. The third-order valence-corrected chi connectivity index (χ3v) is 5.47. The molecule has 0 saturated carbocycles. The van der Waals surface area contributed by atoms with Crippen molar-refractivity contribution in [3.8, 4) is 0 Å². The van der Waals surface area contributed by atoms with Gasteiger partial charge < -0.3 is 14.8 Å². The van der Waals surface area contributed by atoms with E-state index in [1.165, 1.54) is 0 Å². The van der Waals surface area contributed by atoms with E-state index < -0.39 is 0 Å². The lowest BCUT2D eigenvalue weighted by atomic mass is 10.1. The molecular weight excluding hydrogens is 390 g/mol. The number of rotatable bonds is 10. The second-order valence-electron chi connectivity index (χ2n) is 7.47. The molecule has 3 aromatic rings. The normalized spacial score (nSPS) is 11.1. The summed E-state index contributed by atoms with van der Waals surface area (Å²) in [6, 6.07) is 15.3. The number of anilines is 1.